The van der Waals surface area contributed by atoms with Crippen molar-refractivity contribution in [3.8, 4) is 0 Å². The molecular formula is C13H13BrO3. The Balaban J connectivity index is 1.97. The number of hydrogen-bond donors (Lipinski definition) is 0. The molecule has 0 unspecified atom stereocenters. The van der Waals surface area contributed by atoms with Gasteiger partial charge in [0.05, 0.1) is 19.6 Å². The molecule has 1 heterocycles. The first-order chi connectivity index (χ1) is 8.19. The van der Waals surface area contributed by atoms with Gasteiger partial charge in [0.15, 0.2) is 11.6 Å². The molecule has 0 amide bonds. The average Bonchev–Trinajstić information content (AvgIpc) is 2.71. The van der Waals surface area contributed by atoms with Crippen LogP contribution in [0, 0.1) is 0 Å². The predicted octanol–water partition coefficient (Wildman–Crippen LogP) is 2.71. The van der Waals surface area contributed by atoms with Gasteiger partial charge in [0, 0.05) is 16.5 Å². The summed E-state index contributed by atoms with van der Waals surface area (Å²) in [6, 6.07) is 5.87. The number of ketones is 1. The second-order valence-electron chi connectivity index (χ2n) is 4.51. The highest BCUT2D eigenvalue weighted by Crippen LogP contribution is 2.35. The molecule has 3 nitrogen and oxygen atoms in total. The Kier molecular flexibility index (Phi) is 2.81. The van der Waals surface area contributed by atoms with Crippen LogP contribution in [-0.2, 0) is 15.9 Å². The van der Waals surface area contributed by atoms with Crippen LogP contribution in [0.2, 0.25) is 0 Å². The van der Waals surface area contributed by atoms with Crippen molar-refractivity contribution >= 4 is 21.7 Å². The van der Waals surface area contributed by atoms with Gasteiger partial charge >= 0.3 is 0 Å². The normalized spacial score (nSPS) is 22.5. The van der Waals surface area contributed by atoms with Crippen LogP contribution in [0.1, 0.15) is 28.8 Å². The van der Waals surface area contributed by atoms with Crippen molar-refractivity contribution in [2.24, 2.45) is 0 Å². The molecule has 17 heavy (non-hydrogen) atoms. The first-order valence-electron chi connectivity index (χ1n) is 5.78. The molecule has 1 saturated heterocycles. The minimum Gasteiger partial charge on any atom is -0.347 e. The Morgan fingerprint density at radius 1 is 1.24 bits per heavy atom. The topological polar surface area (TPSA) is 35.5 Å². The molecule has 4 heteroatoms. The van der Waals surface area contributed by atoms with Crippen molar-refractivity contribution in [2.45, 2.75) is 25.0 Å². The lowest BCUT2D eigenvalue weighted by Crippen LogP contribution is -2.32. The summed E-state index contributed by atoms with van der Waals surface area (Å²) in [4.78, 5) is 12.2. The monoisotopic (exact) mass is 296 g/mol. The maximum Gasteiger partial charge on any atom is 0.176 e. The second kappa shape index (κ2) is 4.19. The zero-order valence-corrected chi connectivity index (χ0v) is 11.0. The SMILES string of the molecule is O=C1CC2(CCc3ccc(Br)cc31)OCCO2. The van der Waals surface area contributed by atoms with Gasteiger partial charge in [-0.05, 0) is 24.1 Å². The molecule has 0 bridgehead atoms. The molecular weight excluding hydrogens is 284 g/mol. The second-order valence-corrected chi connectivity index (χ2v) is 5.42. The van der Waals surface area contributed by atoms with Crippen molar-refractivity contribution in [3.63, 3.8) is 0 Å². The van der Waals surface area contributed by atoms with E-state index in [4.69, 9.17) is 9.47 Å². The molecule has 0 radical (unpaired) electrons. The van der Waals surface area contributed by atoms with E-state index in [1.165, 1.54) is 0 Å². The van der Waals surface area contributed by atoms with Gasteiger partial charge in [0.2, 0.25) is 0 Å². The van der Waals surface area contributed by atoms with E-state index in [1.54, 1.807) is 0 Å². The molecule has 0 N–H and O–H groups in total. The Morgan fingerprint density at radius 3 is 2.76 bits per heavy atom. The maximum atomic E-state index is 12.2. The highest BCUT2D eigenvalue weighted by Gasteiger charge is 2.41. The number of aryl methyl sites for hydroxylation is 1. The average molecular weight is 297 g/mol. The van der Waals surface area contributed by atoms with Gasteiger partial charge in [-0.15, -0.1) is 0 Å². The molecule has 0 saturated carbocycles. The molecule has 1 aliphatic heterocycles. The minimum atomic E-state index is -0.664. The molecule has 3 rings (SSSR count). The number of hydrogen-bond acceptors (Lipinski definition) is 3. The number of halogens is 1. The summed E-state index contributed by atoms with van der Waals surface area (Å²) in [7, 11) is 0. The summed E-state index contributed by atoms with van der Waals surface area (Å²) < 4.78 is 12.2. The van der Waals surface area contributed by atoms with Crippen LogP contribution in [0.25, 0.3) is 0 Å². The Bertz CT molecular complexity index is 464. The fourth-order valence-corrected chi connectivity index (χ4v) is 2.88. The third kappa shape index (κ3) is 2.05. The lowest BCUT2D eigenvalue weighted by atomic mass is 10.0. The van der Waals surface area contributed by atoms with Gasteiger partial charge in [-0.2, -0.15) is 0 Å². The Hall–Kier alpha value is -0.710. The first kappa shape index (κ1) is 11.4. The summed E-state index contributed by atoms with van der Waals surface area (Å²) in [6.07, 6.45) is 1.91. The number of benzene rings is 1. The third-order valence-corrected chi connectivity index (χ3v) is 3.88. The van der Waals surface area contributed by atoms with E-state index in [0.29, 0.717) is 19.6 Å². The number of carbonyl (C=O) groups is 1. The van der Waals surface area contributed by atoms with Crippen molar-refractivity contribution in [2.75, 3.05) is 13.2 Å². The van der Waals surface area contributed by atoms with E-state index in [0.717, 1.165) is 28.4 Å². The molecule has 1 aromatic carbocycles. The quantitative estimate of drug-likeness (QED) is 0.738. The number of fused-ring (bicyclic) bond motifs is 1. The van der Waals surface area contributed by atoms with Crippen LogP contribution >= 0.6 is 15.9 Å². The maximum absolute atomic E-state index is 12.2. The first-order valence-corrected chi connectivity index (χ1v) is 6.57. The van der Waals surface area contributed by atoms with E-state index >= 15 is 0 Å². The lowest BCUT2D eigenvalue weighted by molar-refractivity contribution is -0.157. The summed E-state index contributed by atoms with van der Waals surface area (Å²) in [5, 5.41) is 0. The summed E-state index contributed by atoms with van der Waals surface area (Å²) in [5.41, 5.74) is 1.89. The highest BCUT2D eigenvalue weighted by atomic mass is 79.9. The van der Waals surface area contributed by atoms with Crippen molar-refractivity contribution < 1.29 is 14.3 Å². The molecule has 1 fully saturated rings. The number of Topliss-reactive ketones (excluding diaryl/α,β-unsaturated/α-hetero) is 1. The molecule has 1 spiro atoms. The Morgan fingerprint density at radius 2 is 2.00 bits per heavy atom. The van der Waals surface area contributed by atoms with Crippen LogP contribution in [0.3, 0.4) is 0 Å². The van der Waals surface area contributed by atoms with Crippen LogP contribution in [0.4, 0.5) is 0 Å². The molecule has 0 aromatic heterocycles. The standard InChI is InChI=1S/C13H13BrO3/c14-10-2-1-9-3-4-13(16-5-6-17-13)8-12(15)11(9)7-10/h1-2,7H,3-6,8H2. The van der Waals surface area contributed by atoms with Gasteiger partial charge in [0.25, 0.3) is 0 Å². The molecule has 2 aliphatic rings. The fourth-order valence-electron chi connectivity index (χ4n) is 2.52. The van der Waals surface area contributed by atoms with Gasteiger partial charge in [-0.1, -0.05) is 22.0 Å². The van der Waals surface area contributed by atoms with Gasteiger partial charge in [-0.25, -0.2) is 0 Å². The van der Waals surface area contributed by atoms with E-state index in [1.807, 2.05) is 18.2 Å². The number of ether oxygens (including phenoxy) is 2. The summed E-state index contributed by atoms with van der Waals surface area (Å²) in [6.45, 7) is 1.18. The van der Waals surface area contributed by atoms with E-state index in [-0.39, 0.29) is 5.78 Å². The largest absolute Gasteiger partial charge is 0.347 e. The van der Waals surface area contributed by atoms with Crippen LogP contribution in [0.15, 0.2) is 22.7 Å². The highest BCUT2D eigenvalue weighted by molar-refractivity contribution is 9.10. The van der Waals surface area contributed by atoms with Crippen molar-refractivity contribution in [1.29, 1.82) is 0 Å². The summed E-state index contributed by atoms with van der Waals surface area (Å²) in [5.74, 6) is -0.552. The Labute approximate surface area is 108 Å². The van der Waals surface area contributed by atoms with E-state index < -0.39 is 5.79 Å². The smallest absolute Gasteiger partial charge is 0.176 e. The third-order valence-electron chi connectivity index (χ3n) is 3.39. The van der Waals surface area contributed by atoms with Crippen molar-refractivity contribution in [1.82, 2.24) is 0 Å². The zero-order valence-electron chi connectivity index (χ0n) is 9.37. The van der Waals surface area contributed by atoms with Crippen molar-refractivity contribution in [3.05, 3.63) is 33.8 Å². The van der Waals surface area contributed by atoms with Crippen LogP contribution < -0.4 is 0 Å². The molecule has 0 atom stereocenters. The van der Waals surface area contributed by atoms with Crippen LogP contribution in [-0.4, -0.2) is 24.8 Å². The van der Waals surface area contributed by atoms with Gasteiger partial charge < -0.3 is 9.47 Å². The van der Waals surface area contributed by atoms with Gasteiger partial charge in [-0.3, -0.25) is 4.79 Å². The van der Waals surface area contributed by atoms with E-state index in [2.05, 4.69) is 15.9 Å². The molecule has 90 valence electrons. The zero-order chi connectivity index (χ0) is 11.9. The molecule has 1 aromatic rings. The lowest BCUT2D eigenvalue weighted by Gasteiger charge is -2.24. The van der Waals surface area contributed by atoms with E-state index in [9.17, 15) is 4.79 Å². The minimum absolute atomic E-state index is 0.112. The molecule has 1 aliphatic carbocycles. The predicted molar refractivity (Wildman–Crippen MR) is 66.0 cm³/mol. The van der Waals surface area contributed by atoms with Gasteiger partial charge in [0.1, 0.15) is 0 Å². The number of rotatable bonds is 0. The summed E-state index contributed by atoms with van der Waals surface area (Å²) >= 11 is 3.40. The fraction of sp³-hybridized carbons (Fsp3) is 0.462. The number of carbonyl (C=O) groups excluding carboxylic acids is 1. The van der Waals surface area contributed by atoms with Crippen LogP contribution in [0.5, 0.6) is 0 Å².